The lowest BCUT2D eigenvalue weighted by Gasteiger charge is -2.15. The van der Waals surface area contributed by atoms with Crippen molar-refractivity contribution in [2.45, 2.75) is 26.7 Å². The summed E-state index contributed by atoms with van der Waals surface area (Å²) in [5.41, 5.74) is 2.85. The summed E-state index contributed by atoms with van der Waals surface area (Å²) < 4.78 is 26.6. The molecule has 0 bridgehead atoms. The molecule has 0 aromatic heterocycles. The van der Waals surface area contributed by atoms with Gasteiger partial charge in [0.25, 0.3) is 0 Å². The van der Waals surface area contributed by atoms with Crippen molar-refractivity contribution in [1.29, 1.82) is 0 Å². The highest BCUT2D eigenvalue weighted by atomic mass is 32.2. The van der Waals surface area contributed by atoms with Crippen molar-refractivity contribution in [3.8, 4) is 0 Å². The van der Waals surface area contributed by atoms with E-state index in [0.717, 1.165) is 29.7 Å². The van der Waals surface area contributed by atoms with Crippen molar-refractivity contribution in [2.75, 3.05) is 24.1 Å². The molecule has 5 heteroatoms. The van der Waals surface area contributed by atoms with Gasteiger partial charge in [-0.3, -0.25) is 4.72 Å². The number of benzene rings is 1. The second-order valence-corrected chi connectivity index (χ2v) is 6.02. The van der Waals surface area contributed by atoms with Gasteiger partial charge in [0.2, 0.25) is 10.0 Å². The largest absolute Gasteiger partial charge is 0.319 e. The van der Waals surface area contributed by atoms with E-state index in [1.54, 1.807) is 7.05 Å². The summed E-state index contributed by atoms with van der Waals surface area (Å²) in [5.74, 6) is 0.0880. The normalized spacial score (nSPS) is 11.5. The zero-order valence-electron chi connectivity index (χ0n) is 11.3. The molecule has 4 nitrogen and oxygen atoms in total. The van der Waals surface area contributed by atoms with Crippen molar-refractivity contribution < 1.29 is 8.42 Å². The van der Waals surface area contributed by atoms with Crippen LogP contribution in [0.3, 0.4) is 0 Å². The number of aryl methyl sites for hydroxylation is 2. The van der Waals surface area contributed by atoms with Crippen molar-refractivity contribution in [3.63, 3.8) is 0 Å². The molecular formula is C13H22N2O2S. The lowest BCUT2D eigenvalue weighted by atomic mass is 10.0. The molecule has 1 aromatic carbocycles. The summed E-state index contributed by atoms with van der Waals surface area (Å²) in [6.07, 6.45) is 1.63. The quantitative estimate of drug-likeness (QED) is 0.794. The van der Waals surface area contributed by atoms with Crippen LogP contribution in [0.5, 0.6) is 0 Å². The predicted molar refractivity (Wildman–Crippen MR) is 76.5 cm³/mol. The van der Waals surface area contributed by atoms with Crippen LogP contribution >= 0.6 is 0 Å². The van der Waals surface area contributed by atoms with Crippen LogP contribution in [0.2, 0.25) is 0 Å². The molecule has 0 saturated carbocycles. The SMILES string of the molecule is CCc1cccc(CC)c1NS(=O)(=O)CCNC. The average Bonchev–Trinajstić information content (AvgIpc) is 2.36. The zero-order valence-corrected chi connectivity index (χ0v) is 12.1. The van der Waals surface area contributed by atoms with Gasteiger partial charge in [-0.2, -0.15) is 0 Å². The van der Waals surface area contributed by atoms with Crippen molar-refractivity contribution in [3.05, 3.63) is 29.3 Å². The molecule has 0 amide bonds. The number of hydrogen-bond donors (Lipinski definition) is 2. The molecule has 1 rings (SSSR count). The first-order valence-electron chi connectivity index (χ1n) is 6.30. The number of sulfonamides is 1. The van der Waals surface area contributed by atoms with Crippen LogP contribution in [0, 0.1) is 0 Å². The van der Waals surface area contributed by atoms with E-state index in [1.807, 2.05) is 32.0 Å². The fourth-order valence-corrected chi connectivity index (χ4v) is 2.96. The molecule has 0 saturated heterocycles. The Morgan fingerprint density at radius 1 is 1.11 bits per heavy atom. The number of hydrogen-bond acceptors (Lipinski definition) is 3. The molecule has 0 aliphatic carbocycles. The summed E-state index contributed by atoms with van der Waals surface area (Å²) in [7, 11) is -1.53. The van der Waals surface area contributed by atoms with E-state index in [4.69, 9.17) is 0 Å². The Morgan fingerprint density at radius 2 is 1.67 bits per heavy atom. The standard InChI is InChI=1S/C13H22N2O2S/c1-4-11-7-6-8-12(5-2)13(11)15-18(16,17)10-9-14-3/h6-8,14-15H,4-5,9-10H2,1-3H3. The van der Waals surface area contributed by atoms with E-state index in [9.17, 15) is 8.42 Å². The molecule has 0 heterocycles. The van der Waals surface area contributed by atoms with Crippen molar-refractivity contribution in [2.24, 2.45) is 0 Å². The second kappa shape index (κ2) is 6.75. The molecule has 0 aliphatic rings. The smallest absolute Gasteiger partial charge is 0.233 e. The Labute approximate surface area is 110 Å². The minimum absolute atomic E-state index is 0.0880. The van der Waals surface area contributed by atoms with Gasteiger partial charge in [0, 0.05) is 6.54 Å². The summed E-state index contributed by atoms with van der Waals surface area (Å²) >= 11 is 0. The van der Waals surface area contributed by atoms with E-state index in [0.29, 0.717) is 6.54 Å². The molecule has 0 spiro atoms. The van der Waals surface area contributed by atoms with Gasteiger partial charge in [-0.25, -0.2) is 8.42 Å². The fraction of sp³-hybridized carbons (Fsp3) is 0.538. The lowest BCUT2D eigenvalue weighted by Crippen LogP contribution is -2.25. The molecule has 1 aromatic rings. The monoisotopic (exact) mass is 270 g/mol. The molecule has 0 atom stereocenters. The number of nitrogens with one attached hydrogen (secondary N) is 2. The van der Waals surface area contributed by atoms with E-state index in [-0.39, 0.29) is 5.75 Å². The summed E-state index contributed by atoms with van der Waals surface area (Å²) in [5, 5.41) is 2.85. The number of anilines is 1. The first kappa shape index (κ1) is 15.0. The van der Waals surface area contributed by atoms with Crippen molar-refractivity contribution in [1.82, 2.24) is 5.32 Å². The zero-order chi connectivity index (χ0) is 13.6. The highest BCUT2D eigenvalue weighted by Gasteiger charge is 2.14. The molecule has 0 unspecified atom stereocenters. The van der Waals surface area contributed by atoms with Crippen LogP contribution in [0.4, 0.5) is 5.69 Å². The molecule has 0 fully saturated rings. The van der Waals surface area contributed by atoms with Gasteiger partial charge in [-0.15, -0.1) is 0 Å². The molecular weight excluding hydrogens is 248 g/mol. The Kier molecular flexibility index (Phi) is 5.62. The van der Waals surface area contributed by atoms with E-state index in [1.165, 1.54) is 0 Å². The van der Waals surface area contributed by atoms with E-state index >= 15 is 0 Å². The number of rotatable bonds is 7. The highest BCUT2D eigenvalue weighted by Crippen LogP contribution is 2.23. The Balaban J connectivity index is 3.02. The maximum atomic E-state index is 11.9. The predicted octanol–water partition coefficient (Wildman–Crippen LogP) is 1.77. The Morgan fingerprint density at radius 3 is 2.11 bits per heavy atom. The minimum Gasteiger partial charge on any atom is -0.319 e. The van der Waals surface area contributed by atoms with Crippen LogP contribution in [0.15, 0.2) is 18.2 Å². The van der Waals surface area contributed by atoms with Gasteiger partial charge in [0.15, 0.2) is 0 Å². The first-order chi connectivity index (χ1) is 8.54. The highest BCUT2D eigenvalue weighted by molar-refractivity contribution is 7.92. The van der Waals surface area contributed by atoms with Gasteiger partial charge < -0.3 is 5.32 Å². The van der Waals surface area contributed by atoms with Gasteiger partial charge in [0.1, 0.15) is 0 Å². The summed E-state index contributed by atoms with van der Waals surface area (Å²) in [6.45, 7) is 4.51. The van der Waals surface area contributed by atoms with Crippen LogP contribution < -0.4 is 10.0 Å². The van der Waals surface area contributed by atoms with E-state index in [2.05, 4.69) is 10.0 Å². The molecule has 18 heavy (non-hydrogen) atoms. The number of para-hydroxylation sites is 1. The van der Waals surface area contributed by atoms with Crippen LogP contribution in [0.25, 0.3) is 0 Å². The third-order valence-corrected chi connectivity index (χ3v) is 4.13. The molecule has 2 N–H and O–H groups in total. The minimum atomic E-state index is -3.27. The molecule has 102 valence electrons. The van der Waals surface area contributed by atoms with Gasteiger partial charge >= 0.3 is 0 Å². The van der Waals surface area contributed by atoms with Crippen LogP contribution in [-0.4, -0.2) is 27.8 Å². The van der Waals surface area contributed by atoms with Gasteiger partial charge in [-0.1, -0.05) is 32.0 Å². The van der Waals surface area contributed by atoms with Crippen molar-refractivity contribution >= 4 is 15.7 Å². The van der Waals surface area contributed by atoms with Crippen LogP contribution in [0.1, 0.15) is 25.0 Å². The lowest BCUT2D eigenvalue weighted by molar-refractivity contribution is 0.598. The Bertz CT molecular complexity index is 462. The molecule has 0 aliphatic heterocycles. The average molecular weight is 270 g/mol. The molecule has 0 radical (unpaired) electrons. The first-order valence-corrected chi connectivity index (χ1v) is 7.95. The maximum absolute atomic E-state index is 11.9. The summed E-state index contributed by atoms with van der Waals surface area (Å²) in [4.78, 5) is 0. The third-order valence-electron chi connectivity index (χ3n) is 2.88. The fourth-order valence-electron chi connectivity index (χ4n) is 1.82. The third kappa shape index (κ3) is 3.99. The van der Waals surface area contributed by atoms with E-state index < -0.39 is 10.0 Å². The van der Waals surface area contributed by atoms with Gasteiger partial charge in [0.05, 0.1) is 11.4 Å². The topological polar surface area (TPSA) is 58.2 Å². The van der Waals surface area contributed by atoms with Crippen LogP contribution in [-0.2, 0) is 22.9 Å². The van der Waals surface area contributed by atoms with Gasteiger partial charge in [-0.05, 0) is 31.0 Å². The Hall–Kier alpha value is -1.07. The second-order valence-electron chi connectivity index (χ2n) is 4.18. The summed E-state index contributed by atoms with van der Waals surface area (Å²) in [6, 6.07) is 5.91. The maximum Gasteiger partial charge on any atom is 0.233 e.